The number of fused-ring (bicyclic) bond motifs is 3. The molecule has 1 saturated heterocycles. The van der Waals surface area contributed by atoms with Crippen LogP contribution in [0.25, 0.3) is 0 Å². The van der Waals surface area contributed by atoms with Gasteiger partial charge in [0.05, 0.1) is 36.8 Å². The predicted octanol–water partition coefficient (Wildman–Crippen LogP) is 5.84. The second kappa shape index (κ2) is 12.8. The van der Waals surface area contributed by atoms with E-state index in [2.05, 4.69) is 16.4 Å². The Morgan fingerprint density at radius 1 is 1.06 bits per heavy atom. The van der Waals surface area contributed by atoms with Crippen molar-refractivity contribution in [3.05, 3.63) is 95.3 Å². The molecule has 1 spiro atoms. The molecule has 2 amide bonds. The topological polar surface area (TPSA) is 110 Å². The highest BCUT2D eigenvalue weighted by molar-refractivity contribution is 6.72. The third kappa shape index (κ3) is 5.75. The van der Waals surface area contributed by atoms with Crippen molar-refractivity contribution >= 4 is 37.3 Å². The summed E-state index contributed by atoms with van der Waals surface area (Å²) >= 11 is 0. The van der Waals surface area contributed by atoms with E-state index in [0.717, 1.165) is 28.9 Å². The van der Waals surface area contributed by atoms with Crippen LogP contribution >= 0.6 is 0 Å². The summed E-state index contributed by atoms with van der Waals surface area (Å²) in [6, 6.07) is 21.3. The summed E-state index contributed by atoms with van der Waals surface area (Å²) in [6.07, 6.45) is 3.29. The van der Waals surface area contributed by atoms with Crippen LogP contribution in [0.1, 0.15) is 42.1 Å². The number of ether oxygens (including phenoxy) is 2. The molecule has 4 aromatic rings. The number of aliphatic hydroxyl groups is 1. The molecule has 10 nitrogen and oxygen atoms in total. The zero-order chi connectivity index (χ0) is 34.5. The molecule has 3 aliphatic heterocycles. The molecule has 3 aliphatic rings. The number of hydrogen-bond acceptors (Lipinski definition) is 7. The summed E-state index contributed by atoms with van der Waals surface area (Å²) in [5.74, 6) is -0.0172. The average Bonchev–Trinajstić information content (AvgIpc) is 3.73. The van der Waals surface area contributed by atoms with Crippen LogP contribution < -0.4 is 14.5 Å². The van der Waals surface area contributed by atoms with E-state index < -0.39 is 31.6 Å². The molecular formula is C37H42FN5O5Si. The SMILES string of the molecule is COc1ccc2c(c1)[C@@]1(O[C@H](CCn3cc(CCO)nn3)[C@@H]([Si](C)(C)F)[C@@H]1C)C(=O)N2Cc1ccc(N2C(=O)CCc3ccccc32)cc1. The molecule has 7 rings (SSSR count). The van der Waals surface area contributed by atoms with E-state index in [0.29, 0.717) is 48.5 Å². The van der Waals surface area contributed by atoms with Gasteiger partial charge in [-0.15, -0.1) is 5.10 Å². The van der Waals surface area contributed by atoms with Gasteiger partial charge in [0, 0.05) is 54.9 Å². The number of aromatic nitrogens is 3. The first-order chi connectivity index (χ1) is 23.5. The Kier molecular flexibility index (Phi) is 8.66. The molecule has 49 heavy (non-hydrogen) atoms. The van der Waals surface area contributed by atoms with Gasteiger partial charge in [-0.2, -0.15) is 0 Å². The zero-order valence-corrected chi connectivity index (χ0v) is 29.3. The number of amides is 2. The summed E-state index contributed by atoms with van der Waals surface area (Å²) < 4.78 is 30.5. The Morgan fingerprint density at radius 2 is 1.84 bits per heavy atom. The molecule has 4 atom stereocenters. The number of halogens is 1. The monoisotopic (exact) mass is 683 g/mol. The average molecular weight is 684 g/mol. The van der Waals surface area contributed by atoms with Crippen LogP contribution in [0.4, 0.5) is 21.2 Å². The molecule has 12 heteroatoms. The van der Waals surface area contributed by atoms with Gasteiger partial charge in [0.25, 0.3) is 5.91 Å². The maximum atomic E-state index is 16.3. The number of carbonyl (C=O) groups excluding carboxylic acids is 2. The van der Waals surface area contributed by atoms with Gasteiger partial charge in [0.15, 0.2) is 5.60 Å². The Labute approximate surface area is 286 Å². The van der Waals surface area contributed by atoms with Crippen molar-refractivity contribution < 1.29 is 28.3 Å². The Hall–Kier alpha value is -4.39. The lowest BCUT2D eigenvalue weighted by Crippen LogP contribution is -2.45. The van der Waals surface area contributed by atoms with Gasteiger partial charge in [-0.3, -0.25) is 19.2 Å². The molecule has 1 fully saturated rings. The smallest absolute Gasteiger partial charge is 0.264 e. The molecule has 0 unspecified atom stereocenters. The third-order valence-electron chi connectivity index (χ3n) is 10.4. The van der Waals surface area contributed by atoms with Crippen LogP contribution in [-0.4, -0.2) is 60.1 Å². The van der Waals surface area contributed by atoms with Crippen molar-refractivity contribution in [1.29, 1.82) is 0 Å². The third-order valence-corrected chi connectivity index (χ3v) is 12.8. The van der Waals surface area contributed by atoms with Gasteiger partial charge in [0.1, 0.15) is 5.75 Å². The number of methoxy groups -OCH3 is 1. The number of hydrogen-bond donors (Lipinski definition) is 1. The summed E-state index contributed by atoms with van der Waals surface area (Å²) in [5.41, 5.74) is 3.94. The van der Waals surface area contributed by atoms with Crippen LogP contribution in [0, 0.1) is 5.92 Å². The minimum Gasteiger partial charge on any atom is -0.497 e. The fourth-order valence-corrected chi connectivity index (χ4v) is 10.7. The van der Waals surface area contributed by atoms with Crippen molar-refractivity contribution in [2.24, 2.45) is 5.92 Å². The van der Waals surface area contributed by atoms with Crippen molar-refractivity contribution in [1.82, 2.24) is 15.0 Å². The Morgan fingerprint density at radius 3 is 2.57 bits per heavy atom. The van der Waals surface area contributed by atoms with Gasteiger partial charge in [-0.1, -0.05) is 42.5 Å². The highest BCUT2D eigenvalue weighted by Gasteiger charge is 2.66. The van der Waals surface area contributed by atoms with E-state index in [4.69, 9.17) is 9.47 Å². The highest BCUT2D eigenvalue weighted by Crippen LogP contribution is 2.60. The summed E-state index contributed by atoms with van der Waals surface area (Å²) in [4.78, 5) is 31.3. The number of nitrogens with zero attached hydrogens (tertiary/aromatic N) is 5. The second-order valence-corrected chi connectivity index (χ2v) is 17.6. The quantitative estimate of drug-likeness (QED) is 0.165. The lowest BCUT2D eigenvalue weighted by atomic mass is 9.82. The number of rotatable bonds is 10. The van der Waals surface area contributed by atoms with Gasteiger partial charge < -0.3 is 23.6 Å². The fourth-order valence-electron chi connectivity index (χ4n) is 8.16. The molecular weight excluding hydrogens is 642 g/mol. The first kappa shape index (κ1) is 33.1. The molecule has 1 N–H and O–H groups in total. The minimum atomic E-state index is -3.35. The zero-order valence-electron chi connectivity index (χ0n) is 28.3. The molecule has 0 saturated carbocycles. The van der Waals surface area contributed by atoms with Gasteiger partial charge >= 0.3 is 0 Å². The van der Waals surface area contributed by atoms with Crippen LogP contribution in [0.15, 0.2) is 72.9 Å². The lowest BCUT2D eigenvalue weighted by molar-refractivity contribution is -0.146. The first-order valence-corrected chi connectivity index (χ1v) is 19.9. The summed E-state index contributed by atoms with van der Waals surface area (Å²) in [5, 5.41) is 17.6. The van der Waals surface area contributed by atoms with Crippen molar-refractivity contribution in [3.8, 4) is 5.75 Å². The van der Waals surface area contributed by atoms with E-state index in [1.807, 2.05) is 67.6 Å². The lowest BCUT2D eigenvalue weighted by Gasteiger charge is -2.31. The maximum absolute atomic E-state index is 16.3. The normalized spacial score (nSPS) is 23.3. The van der Waals surface area contributed by atoms with Crippen LogP contribution in [0.3, 0.4) is 0 Å². The van der Waals surface area contributed by atoms with Gasteiger partial charge in [0.2, 0.25) is 14.3 Å². The molecule has 4 heterocycles. The number of aliphatic hydroxyl groups excluding tert-OH is 1. The molecule has 0 aliphatic carbocycles. The maximum Gasteiger partial charge on any atom is 0.264 e. The van der Waals surface area contributed by atoms with Gasteiger partial charge in [-0.25, -0.2) is 0 Å². The minimum absolute atomic E-state index is 0.0214. The summed E-state index contributed by atoms with van der Waals surface area (Å²) in [6.45, 7) is 6.02. The van der Waals surface area contributed by atoms with E-state index in [1.165, 1.54) is 0 Å². The van der Waals surface area contributed by atoms with Crippen LogP contribution in [-0.2, 0) is 45.9 Å². The van der Waals surface area contributed by atoms with Gasteiger partial charge in [-0.05, 0) is 73.5 Å². The summed E-state index contributed by atoms with van der Waals surface area (Å²) in [7, 11) is -1.77. The van der Waals surface area contributed by atoms with Crippen LogP contribution in [0.2, 0.25) is 18.6 Å². The second-order valence-electron chi connectivity index (χ2n) is 13.8. The van der Waals surface area contributed by atoms with E-state index >= 15 is 4.11 Å². The molecule has 3 aromatic carbocycles. The number of carbonyl (C=O) groups is 2. The first-order valence-electron chi connectivity index (χ1n) is 16.9. The molecule has 0 radical (unpaired) electrons. The standard InChI is InChI=1S/C37H42FN5O5Si/c1-24-35(49(3,4)38)33(17-19-41-23-27(18-20-44)39-40-41)48-37(24)30-21-29(47-2)14-15-32(30)42(36(37)46)22-25-9-12-28(13-10-25)43-31-8-6-5-7-26(31)11-16-34(43)45/h5-10,12-15,21,23-24,33,35,44H,11,16-20,22H2,1-4H3/t24-,33+,35-,37+/m0/s1. The Bertz CT molecular complexity index is 1880. The molecule has 0 bridgehead atoms. The fraction of sp³-hybridized carbons (Fsp3) is 0.405. The number of anilines is 3. The van der Waals surface area contributed by atoms with E-state index in [-0.39, 0.29) is 25.0 Å². The van der Waals surface area contributed by atoms with Crippen molar-refractivity contribution in [2.75, 3.05) is 23.5 Å². The van der Waals surface area contributed by atoms with E-state index in [1.54, 1.807) is 40.9 Å². The number of aryl methyl sites for hydroxylation is 2. The van der Waals surface area contributed by atoms with Crippen molar-refractivity contribution in [3.63, 3.8) is 0 Å². The molecule has 1 aromatic heterocycles. The molecule has 256 valence electrons. The van der Waals surface area contributed by atoms with E-state index in [9.17, 15) is 14.7 Å². The Balaban J connectivity index is 1.19. The highest BCUT2D eigenvalue weighted by atomic mass is 28.4. The van der Waals surface area contributed by atoms with Crippen molar-refractivity contribution in [2.45, 2.75) is 76.0 Å². The van der Waals surface area contributed by atoms with Crippen LogP contribution in [0.5, 0.6) is 5.75 Å². The largest absolute Gasteiger partial charge is 0.497 e. The number of benzene rings is 3. The number of para-hydroxylation sites is 1. The predicted molar refractivity (Wildman–Crippen MR) is 186 cm³/mol.